The number of aromatic nitrogens is 2. The number of carbonyl (C=O) groups is 5. The molecule has 4 amide bonds. The van der Waals surface area contributed by atoms with Gasteiger partial charge in [-0.25, -0.2) is 9.48 Å². The van der Waals surface area contributed by atoms with Crippen LogP contribution in [0.25, 0.3) is 5.69 Å². The maximum Gasteiger partial charge on any atom is 0.527 e. The minimum atomic E-state index is -0.847. The maximum atomic E-state index is 13.6. The van der Waals surface area contributed by atoms with Crippen molar-refractivity contribution < 1.29 is 38.3 Å². The van der Waals surface area contributed by atoms with Crippen molar-refractivity contribution in [2.45, 2.75) is 83.8 Å². The predicted octanol–water partition coefficient (Wildman–Crippen LogP) is 2.68. The molecule has 50 heavy (non-hydrogen) atoms. The van der Waals surface area contributed by atoms with Gasteiger partial charge in [0.15, 0.2) is 12.3 Å². The summed E-state index contributed by atoms with van der Waals surface area (Å²) in [5.41, 5.74) is 0.618. The Morgan fingerprint density at radius 1 is 0.960 bits per heavy atom. The van der Waals surface area contributed by atoms with Gasteiger partial charge in [-0.1, -0.05) is 45.4 Å². The van der Waals surface area contributed by atoms with Gasteiger partial charge >= 0.3 is 6.16 Å². The third-order valence-corrected chi connectivity index (χ3v) is 9.27. The summed E-state index contributed by atoms with van der Waals surface area (Å²) < 4.78 is 12.5. The van der Waals surface area contributed by atoms with Crippen LogP contribution in [0.15, 0.2) is 36.4 Å². The zero-order chi connectivity index (χ0) is 35.6. The van der Waals surface area contributed by atoms with Gasteiger partial charge in [0, 0.05) is 31.7 Å². The van der Waals surface area contributed by atoms with E-state index >= 15 is 0 Å². The van der Waals surface area contributed by atoms with Gasteiger partial charge in [-0.15, -0.1) is 5.06 Å². The van der Waals surface area contributed by atoms with Crippen molar-refractivity contribution in [3.05, 3.63) is 42.1 Å². The predicted molar refractivity (Wildman–Crippen MR) is 181 cm³/mol. The standard InChI is InChI=1S/C35H49N7O8/c1-4-5-21-48-35(47)50-40-19-17-39(18-20-40)34(46)31(24(2)3)37-32(44)27-22-30(42(38-27)26-13-7-6-8-14-26)49-23-29(43)41-16-10-15-28(41)33(45)36-25-11-9-12-25/h6-8,13-14,22,24-25,28,31H,4-5,9-12,15-21,23H2,1-3H3,(H,36,45)(H,37,44)/t28-,31-/m0/s1. The lowest BCUT2D eigenvalue weighted by atomic mass is 9.93. The largest absolute Gasteiger partial charge is 0.527 e. The Balaban J connectivity index is 1.21. The summed E-state index contributed by atoms with van der Waals surface area (Å²) in [5.74, 6) is -1.36. The first-order valence-electron chi connectivity index (χ1n) is 17.7. The Morgan fingerprint density at radius 2 is 1.70 bits per heavy atom. The van der Waals surface area contributed by atoms with Crippen LogP contribution in [0.2, 0.25) is 0 Å². The van der Waals surface area contributed by atoms with Crippen molar-refractivity contribution in [2.24, 2.45) is 5.92 Å². The second-order valence-corrected chi connectivity index (χ2v) is 13.3. The van der Waals surface area contributed by atoms with E-state index in [4.69, 9.17) is 14.3 Å². The van der Waals surface area contributed by atoms with Crippen molar-refractivity contribution >= 4 is 29.8 Å². The first kappa shape index (κ1) is 36.6. The zero-order valence-electron chi connectivity index (χ0n) is 29.2. The van der Waals surface area contributed by atoms with E-state index < -0.39 is 24.1 Å². The molecule has 1 aromatic carbocycles. The number of para-hydroxylation sites is 1. The lowest BCUT2D eigenvalue weighted by molar-refractivity contribution is -0.158. The summed E-state index contributed by atoms with van der Waals surface area (Å²) in [7, 11) is 0. The number of ether oxygens (including phenoxy) is 2. The van der Waals surface area contributed by atoms with E-state index in [0.717, 1.165) is 38.5 Å². The van der Waals surface area contributed by atoms with Crippen molar-refractivity contribution in [2.75, 3.05) is 45.9 Å². The van der Waals surface area contributed by atoms with Crippen molar-refractivity contribution in [3.8, 4) is 11.6 Å². The zero-order valence-corrected chi connectivity index (χ0v) is 29.2. The quantitative estimate of drug-likeness (QED) is 0.222. The number of nitrogens with zero attached hydrogens (tertiary/aromatic N) is 5. The highest BCUT2D eigenvalue weighted by Gasteiger charge is 2.36. The molecule has 1 aliphatic carbocycles. The summed E-state index contributed by atoms with van der Waals surface area (Å²) in [6.07, 6.45) is 5.24. The molecule has 15 heteroatoms. The van der Waals surface area contributed by atoms with Crippen LogP contribution in [0.1, 0.15) is 76.2 Å². The van der Waals surface area contributed by atoms with Crippen LogP contribution in [-0.2, 0) is 24.0 Å². The van der Waals surface area contributed by atoms with E-state index in [0.29, 0.717) is 44.8 Å². The van der Waals surface area contributed by atoms with Crippen LogP contribution in [0.3, 0.4) is 0 Å². The van der Waals surface area contributed by atoms with Crippen molar-refractivity contribution in [1.82, 2.24) is 35.3 Å². The van der Waals surface area contributed by atoms with Gasteiger partial charge in [-0.3, -0.25) is 19.2 Å². The number of piperazine rings is 1. The van der Waals surface area contributed by atoms with Gasteiger partial charge in [0.2, 0.25) is 17.7 Å². The van der Waals surface area contributed by atoms with Crippen LogP contribution in [0, 0.1) is 5.92 Å². The highest BCUT2D eigenvalue weighted by molar-refractivity contribution is 5.96. The number of hydrogen-bond donors (Lipinski definition) is 2. The Hall–Kier alpha value is -4.66. The SMILES string of the molecule is CCCCOC(=O)ON1CCN(C(=O)[C@@H](NC(=O)c2cc(OCC(=O)N3CCC[C@H]3C(=O)NC3CCC3)n(-c3ccccc3)n2)C(C)C)CC1. The summed E-state index contributed by atoms with van der Waals surface area (Å²) in [6, 6.07) is 9.31. The molecule has 0 bridgehead atoms. The number of carbonyl (C=O) groups excluding carboxylic acids is 5. The molecule has 2 N–H and O–H groups in total. The van der Waals surface area contributed by atoms with Gasteiger partial charge in [-0.2, -0.15) is 5.10 Å². The minimum Gasteiger partial charge on any atom is -0.467 e. The molecule has 272 valence electrons. The fourth-order valence-electron chi connectivity index (χ4n) is 6.10. The molecule has 2 saturated heterocycles. The highest BCUT2D eigenvalue weighted by Crippen LogP contribution is 2.24. The Bertz CT molecular complexity index is 1490. The van der Waals surface area contributed by atoms with Gasteiger partial charge < -0.3 is 34.7 Å². The lowest BCUT2D eigenvalue weighted by Crippen LogP contribution is -2.56. The minimum absolute atomic E-state index is 0.00785. The summed E-state index contributed by atoms with van der Waals surface area (Å²) in [5, 5.41) is 11.9. The molecular weight excluding hydrogens is 646 g/mol. The molecule has 2 aliphatic heterocycles. The number of hydroxylamine groups is 2. The maximum absolute atomic E-state index is 13.6. The van der Waals surface area contributed by atoms with Crippen molar-refractivity contribution in [3.63, 3.8) is 0 Å². The molecule has 1 aromatic heterocycles. The number of unbranched alkanes of at least 4 members (excludes halogenated alkanes) is 1. The van der Waals surface area contributed by atoms with Crippen LogP contribution in [0.5, 0.6) is 5.88 Å². The fraction of sp³-hybridized carbons (Fsp3) is 0.600. The fourth-order valence-corrected chi connectivity index (χ4v) is 6.10. The number of hydrogen-bond acceptors (Lipinski definition) is 10. The molecule has 3 aliphatic rings. The number of amides is 4. The van der Waals surface area contributed by atoms with Gasteiger partial charge in [-0.05, 0) is 56.6 Å². The third kappa shape index (κ3) is 9.31. The van der Waals surface area contributed by atoms with Crippen LogP contribution >= 0.6 is 0 Å². The average molecular weight is 696 g/mol. The molecule has 3 fully saturated rings. The summed E-state index contributed by atoms with van der Waals surface area (Å²) in [4.78, 5) is 73.7. The van der Waals surface area contributed by atoms with E-state index in [1.165, 1.54) is 15.8 Å². The van der Waals surface area contributed by atoms with E-state index in [1.54, 1.807) is 21.9 Å². The third-order valence-electron chi connectivity index (χ3n) is 9.27. The Morgan fingerprint density at radius 3 is 2.36 bits per heavy atom. The van der Waals surface area contributed by atoms with E-state index in [1.807, 2.05) is 39.0 Å². The molecule has 0 radical (unpaired) electrons. The van der Waals surface area contributed by atoms with Gasteiger partial charge in [0.1, 0.15) is 12.1 Å². The van der Waals surface area contributed by atoms with E-state index in [-0.39, 0.29) is 54.5 Å². The number of benzene rings is 1. The van der Waals surface area contributed by atoms with Gasteiger partial charge in [0.05, 0.1) is 25.4 Å². The first-order valence-corrected chi connectivity index (χ1v) is 17.7. The Labute approximate surface area is 292 Å². The normalized spacial score (nSPS) is 18.7. The van der Waals surface area contributed by atoms with Crippen LogP contribution in [-0.4, -0.2) is 118 Å². The van der Waals surface area contributed by atoms with E-state index in [2.05, 4.69) is 15.7 Å². The first-order chi connectivity index (χ1) is 24.1. The lowest BCUT2D eigenvalue weighted by Gasteiger charge is -2.35. The monoisotopic (exact) mass is 695 g/mol. The Kier molecular flexibility index (Phi) is 12.7. The van der Waals surface area contributed by atoms with E-state index in [9.17, 15) is 24.0 Å². The molecule has 0 unspecified atom stereocenters. The smallest absolute Gasteiger partial charge is 0.467 e. The molecule has 5 rings (SSSR count). The second-order valence-electron chi connectivity index (χ2n) is 13.3. The molecule has 3 heterocycles. The molecule has 1 saturated carbocycles. The van der Waals surface area contributed by atoms with Crippen LogP contribution < -0.4 is 15.4 Å². The molecule has 2 atom stereocenters. The summed E-state index contributed by atoms with van der Waals surface area (Å²) in [6.45, 7) is 7.30. The molecular formula is C35H49N7O8. The molecule has 0 spiro atoms. The molecule has 2 aromatic rings. The number of likely N-dealkylation sites (tertiary alicyclic amines) is 1. The highest BCUT2D eigenvalue weighted by atomic mass is 16.8. The van der Waals surface area contributed by atoms with Crippen molar-refractivity contribution in [1.29, 1.82) is 0 Å². The van der Waals surface area contributed by atoms with Crippen LogP contribution in [0.4, 0.5) is 4.79 Å². The number of nitrogens with one attached hydrogen (secondary N) is 2. The van der Waals surface area contributed by atoms with Gasteiger partial charge in [0.25, 0.3) is 11.8 Å². The second kappa shape index (κ2) is 17.3. The number of rotatable bonds is 14. The summed E-state index contributed by atoms with van der Waals surface area (Å²) >= 11 is 0. The molecule has 15 nitrogen and oxygen atoms in total. The average Bonchev–Trinajstić information content (AvgIpc) is 3.76. The topological polar surface area (TPSA) is 165 Å².